The Bertz CT molecular complexity index is 639. The molecule has 1 aromatic heterocycles. The zero-order chi connectivity index (χ0) is 18.9. The highest BCUT2D eigenvalue weighted by molar-refractivity contribution is 5.90. The number of carbonyl (C=O) groups is 1. The van der Waals surface area contributed by atoms with E-state index in [9.17, 15) is 4.79 Å². The summed E-state index contributed by atoms with van der Waals surface area (Å²) in [5.74, 6) is 0.571. The van der Waals surface area contributed by atoms with E-state index < -0.39 is 5.91 Å². The number of amides is 1. The summed E-state index contributed by atoms with van der Waals surface area (Å²) < 4.78 is 17.7. The molecule has 1 atom stereocenters. The number of primary amides is 1. The molecule has 3 heterocycles. The van der Waals surface area contributed by atoms with Gasteiger partial charge < -0.3 is 19.6 Å². The molecule has 2 fully saturated rings. The van der Waals surface area contributed by atoms with Crippen LogP contribution in [-0.4, -0.2) is 49.3 Å². The fourth-order valence-electron chi connectivity index (χ4n) is 4.33. The number of rotatable bonds is 4. The maximum absolute atomic E-state index is 11.5. The molecule has 0 aliphatic carbocycles. The van der Waals surface area contributed by atoms with E-state index in [4.69, 9.17) is 19.6 Å². The highest BCUT2D eigenvalue weighted by atomic mass is 16.5. The van der Waals surface area contributed by atoms with Gasteiger partial charge in [-0.25, -0.2) is 0 Å². The van der Waals surface area contributed by atoms with Crippen molar-refractivity contribution in [2.24, 2.45) is 5.73 Å². The first-order valence-corrected chi connectivity index (χ1v) is 9.57. The van der Waals surface area contributed by atoms with E-state index in [-0.39, 0.29) is 22.9 Å². The quantitative estimate of drug-likeness (QED) is 0.889. The first kappa shape index (κ1) is 19.4. The largest absolute Gasteiger partial charge is 0.455 e. The highest BCUT2D eigenvalue weighted by Crippen LogP contribution is 2.38. The Labute approximate surface area is 156 Å². The van der Waals surface area contributed by atoms with Gasteiger partial charge >= 0.3 is 0 Å². The van der Waals surface area contributed by atoms with E-state index in [1.807, 2.05) is 6.07 Å². The predicted octanol–water partition coefficient (Wildman–Crippen LogP) is 2.84. The van der Waals surface area contributed by atoms with Gasteiger partial charge in [0.15, 0.2) is 5.76 Å². The SMILES string of the molecule is COC1CCCOC12CCN(Cc1cc(C(N)=O)oc1C(C)(C)C)CC2. The normalized spacial score (nSPS) is 24.1. The van der Waals surface area contributed by atoms with Crippen molar-refractivity contribution < 1.29 is 18.7 Å². The smallest absolute Gasteiger partial charge is 0.284 e. The van der Waals surface area contributed by atoms with Crippen LogP contribution in [0.4, 0.5) is 0 Å². The molecule has 2 aliphatic rings. The molecule has 2 N–H and O–H groups in total. The topological polar surface area (TPSA) is 77.9 Å². The number of likely N-dealkylation sites (tertiary alicyclic amines) is 1. The molecule has 1 aromatic rings. The molecule has 0 radical (unpaired) electrons. The van der Waals surface area contributed by atoms with Crippen molar-refractivity contribution in [3.8, 4) is 0 Å². The first-order valence-electron chi connectivity index (χ1n) is 9.57. The van der Waals surface area contributed by atoms with Crippen molar-refractivity contribution in [1.82, 2.24) is 4.90 Å². The summed E-state index contributed by atoms with van der Waals surface area (Å²) in [5, 5.41) is 0. The molecule has 2 aliphatic heterocycles. The third-order valence-corrected chi connectivity index (χ3v) is 5.70. The molecule has 3 rings (SSSR count). The molecule has 26 heavy (non-hydrogen) atoms. The van der Waals surface area contributed by atoms with Gasteiger partial charge in [0.2, 0.25) is 0 Å². The third kappa shape index (κ3) is 3.82. The fourth-order valence-corrected chi connectivity index (χ4v) is 4.33. The summed E-state index contributed by atoms with van der Waals surface area (Å²) >= 11 is 0. The van der Waals surface area contributed by atoms with Crippen LogP contribution in [0.3, 0.4) is 0 Å². The number of hydrogen-bond acceptors (Lipinski definition) is 5. The molecular weight excluding hydrogens is 332 g/mol. The van der Waals surface area contributed by atoms with Gasteiger partial charge in [-0.3, -0.25) is 9.69 Å². The summed E-state index contributed by atoms with van der Waals surface area (Å²) in [6.07, 6.45) is 4.28. The van der Waals surface area contributed by atoms with Gasteiger partial charge in [0, 0.05) is 44.3 Å². The molecule has 1 amide bonds. The lowest BCUT2D eigenvalue weighted by molar-refractivity contribution is -0.186. The number of ether oxygens (including phenoxy) is 2. The van der Waals surface area contributed by atoms with Crippen molar-refractivity contribution >= 4 is 5.91 Å². The Morgan fingerprint density at radius 2 is 2.08 bits per heavy atom. The number of furan rings is 1. The summed E-state index contributed by atoms with van der Waals surface area (Å²) in [4.78, 5) is 13.9. The van der Waals surface area contributed by atoms with Crippen molar-refractivity contribution in [3.05, 3.63) is 23.2 Å². The van der Waals surface area contributed by atoms with Crippen LogP contribution in [0.1, 0.15) is 68.3 Å². The average molecular weight is 364 g/mol. The molecule has 2 saturated heterocycles. The van der Waals surface area contributed by atoms with Gasteiger partial charge in [-0.1, -0.05) is 20.8 Å². The number of carbonyl (C=O) groups excluding carboxylic acids is 1. The number of nitrogens with zero attached hydrogens (tertiary/aromatic N) is 1. The number of hydrogen-bond donors (Lipinski definition) is 1. The lowest BCUT2D eigenvalue weighted by atomic mass is 9.81. The van der Waals surface area contributed by atoms with E-state index in [1.165, 1.54) is 0 Å². The van der Waals surface area contributed by atoms with Crippen LogP contribution in [0.15, 0.2) is 10.5 Å². The molecule has 146 valence electrons. The molecule has 6 heteroatoms. The molecule has 0 saturated carbocycles. The van der Waals surface area contributed by atoms with Gasteiger partial charge in [0.05, 0.1) is 11.7 Å². The van der Waals surface area contributed by atoms with Crippen molar-refractivity contribution in [2.45, 2.75) is 70.1 Å². The Hall–Kier alpha value is -1.37. The van der Waals surface area contributed by atoms with Crippen LogP contribution < -0.4 is 5.73 Å². The first-order chi connectivity index (χ1) is 12.2. The molecule has 1 unspecified atom stereocenters. The van der Waals surface area contributed by atoms with Crippen LogP contribution >= 0.6 is 0 Å². The van der Waals surface area contributed by atoms with Crippen molar-refractivity contribution in [3.63, 3.8) is 0 Å². The van der Waals surface area contributed by atoms with Gasteiger partial charge in [0.25, 0.3) is 5.91 Å². The Morgan fingerprint density at radius 3 is 2.65 bits per heavy atom. The van der Waals surface area contributed by atoms with E-state index in [2.05, 4.69) is 25.7 Å². The molecule has 0 aromatic carbocycles. The summed E-state index contributed by atoms with van der Waals surface area (Å²) in [6.45, 7) is 9.75. The lowest BCUT2D eigenvalue weighted by Crippen LogP contribution is -2.55. The lowest BCUT2D eigenvalue weighted by Gasteiger charge is -2.48. The number of nitrogens with two attached hydrogens (primary N) is 1. The minimum absolute atomic E-state index is 0.134. The maximum Gasteiger partial charge on any atom is 0.284 e. The maximum atomic E-state index is 11.5. The molecule has 0 bridgehead atoms. The predicted molar refractivity (Wildman–Crippen MR) is 99.2 cm³/mol. The van der Waals surface area contributed by atoms with Crippen molar-refractivity contribution in [1.29, 1.82) is 0 Å². The van der Waals surface area contributed by atoms with Crippen LogP contribution in [0.25, 0.3) is 0 Å². The Kier molecular flexibility index (Phi) is 5.47. The summed E-state index contributed by atoms with van der Waals surface area (Å²) in [5.41, 5.74) is 6.16. The molecular formula is C20H32N2O4. The minimum Gasteiger partial charge on any atom is -0.455 e. The molecule has 1 spiro atoms. The van der Waals surface area contributed by atoms with E-state index in [0.29, 0.717) is 0 Å². The standard InChI is InChI=1S/C20H32N2O4/c1-19(2,3)17-14(12-15(26-17)18(21)23)13-22-9-7-20(8-10-22)16(24-4)6-5-11-25-20/h12,16H,5-11,13H2,1-4H3,(H2,21,23). The zero-order valence-electron chi connectivity index (χ0n) is 16.5. The van der Waals surface area contributed by atoms with Crippen LogP contribution in [0, 0.1) is 0 Å². The average Bonchev–Trinajstić information content (AvgIpc) is 3.02. The van der Waals surface area contributed by atoms with Gasteiger partial charge in [-0.15, -0.1) is 0 Å². The molecule has 6 nitrogen and oxygen atoms in total. The Morgan fingerprint density at radius 1 is 1.38 bits per heavy atom. The summed E-state index contributed by atoms with van der Waals surface area (Å²) in [7, 11) is 1.79. The second kappa shape index (κ2) is 7.33. The Balaban J connectivity index is 1.71. The van der Waals surface area contributed by atoms with Crippen LogP contribution in [0.5, 0.6) is 0 Å². The van der Waals surface area contributed by atoms with Gasteiger partial charge in [0.1, 0.15) is 5.76 Å². The number of methoxy groups -OCH3 is 1. The fraction of sp³-hybridized carbons (Fsp3) is 0.750. The van der Waals surface area contributed by atoms with E-state index in [1.54, 1.807) is 7.11 Å². The number of piperidine rings is 1. The van der Waals surface area contributed by atoms with Crippen molar-refractivity contribution in [2.75, 3.05) is 26.8 Å². The summed E-state index contributed by atoms with van der Waals surface area (Å²) in [6, 6.07) is 1.81. The van der Waals surface area contributed by atoms with E-state index in [0.717, 1.165) is 63.2 Å². The third-order valence-electron chi connectivity index (χ3n) is 5.70. The van der Waals surface area contributed by atoms with E-state index >= 15 is 0 Å². The highest BCUT2D eigenvalue weighted by Gasteiger charge is 2.44. The zero-order valence-corrected chi connectivity index (χ0v) is 16.5. The second-order valence-electron chi connectivity index (χ2n) is 8.64. The monoisotopic (exact) mass is 364 g/mol. The van der Waals surface area contributed by atoms with Crippen LogP contribution in [-0.2, 0) is 21.4 Å². The minimum atomic E-state index is -0.516. The second-order valence-corrected chi connectivity index (χ2v) is 8.64. The van der Waals surface area contributed by atoms with Crippen LogP contribution in [0.2, 0.25) is 0 Å². The van der Waals surface area contributed by atoms with Gasteiger partial charge in [-0.05, 0) is 31.7 Å². The van der Waals surface area contributed by atoms with Gasteiger partial charge in [-0.2, -0.15) is 0 Å².